The molecule has 0 aliphatic heterocycles. The Morgan fingerprint density at radius 1 is 1.25 bits per heavy atom. The van der Waals surface area contributed by atoms with Crippen LogP contribution in [0.4, 0.5) is 4.39 Å². The molecule has 2 heteroatoms. The highest BCUT2D eigenvalue weighted by Crippen LogP contribution is 2.22. The van der Waals surface area contributed by atoms with Crippen molar-refractivity contribution in [2.24, 2.45) is 0 Å². The second-order valence-corrected chi connectivity index (χ2v) is 4.61. The quantitative estimate of drug-likeness (QED) is 0.544. The van der Waals surface area contributed by atoms with E-state index in [0.717, 1.165) is 5.56 Å². The fourth-order valence-corrected chi connectivity index (χ4v) is 1.17. The molecule has 0 saturated heterocycles. The maximum absolute atomic E-state index is 13.1. The highest BCUT2D eigenvalue weighted by atomic mass is 31.0. The molecule has 0 amide bonds. The van der Waals surface area contributed by atoms with Gasteiger partial charge in [-0.2, -0.15) is 0 Å². The fourth-order valence-electron chi connectivity index (χ4n) is 0.994. The summed E-state index contributed by atoms with van der Waals surface area (Å²) in [4.78, 5) is 0. The van der Waals surface area contributed by atoms with Crippen molar-refractivity contribution in [3.05, 3.63) is 29.6 Å². The number of hydrogen-bond donors (Lipinski definition) is 0. The Morgan fingerprint density at radius 2 is 1.83 bits per heavy atom. The lowest BCUT2D eigenvalue weighted by Gasteiger charge is -2.19. The third-order valence-corrected chi connectivity index (χ3v) is 2.33. The maximum Gasteiger partial charge on any atom is 0.130 e. The Hall–Kier alpha value is -0.420. The van der Waals surface area contributed by atoms with Crippen LogP contribution in [0.25, 0.3) is 0 Å². The normalized spacial score (nSPS) is 11.8. The zero-order valence-electron chi connectivity index (χ0n) is 7.69. The van der Waals surface area contributed by atoms with E-state index in [0.29, 0.717) is 5.30 Å². The smallest absolute Gasteiger partial charge is 0.130 e. The van der Waals surface area contributed by atoms with Crippen LogP contribution in [0.15, 0.2) is 18.2 Å². The Morgan fingerprint density at radius 3 is 2.25 bits per heavy atom. The summed E-state index contributed by atoms with van der Waals surface area (Å²) in [7, 11) is 2.38. The first-order valence-corrected chi connectivity index (χ1v) is 4.54. The topological polar surface area (TPSA) is 0 Å². The average Bonchev–Trinajstić information content (AvgIpc) is 1.92. The van der Waals surface area contributed by atoms with Gasteiger partial charge in [0.05, 0.1) is 0 Å². The molecule has 12 heavy (non-hydrogen) atoms. The van der Waals surface area contributed by atoms with Crippen molar-refractivity contribution in [1.29, 1.82) is 0 Å². The first-order valence-electron chi connectivity index (χ1n) is 3.97. The summed E-state index contributed by atoms with van der Waals surface area (Å²) in [5.74, 6) is -0.146. The van der Waals surface area contributed by atoms with Crippen LogP contribution in [0.1, 0.15) is 26.3 Å². The second kappa shape index (κ2) is 3.14. The lowest BCUT2D eigenvalue weighted by atomic mass is 9.87. The van der Waals surface area contributed by atoms with E-state index < -0.39 is 0 Å². The Kier molecular flexibility index (Phi) is 2.53. The summed E-state index contributed by atoms with van der Waals surface area (Å²) in [5, 5.41) is 0.628. The molecule has 0 nitrogen and oxygen atoms in total. The molecule has 1 aromatic carbocycles. The standard InChI is InChI=1S/C10H14FP/c1-10(2,3)7-4-5-9(12)8(11)6-7/h4-6H,12H2,1-3H3. The average molecular weight is 184 g/mol. The fraction of sp³-hybridized carbons (Fsp3) is 0.400. The van der Waals surface area contributed by atoms with Crippen molar-refractivity contribution in [3.8, 4) is 0 Å². The van der Waals surface area contributed by atoms with E-state index in [1.54, 1.807) is 12.1 Å². The minimum Gasteiger partial charge on any atom is -0.206 e. The third-order valence-electron chi connectivity index (χ3n) is 1.87. The van der Waals surface area contributed by atoms with Crippen LogP contribution in [0.5, 0.6) is 0 Å². The largest absolute Gasteiger partial charge is 0.206 e. The van der Waals surface area contributed by atoms with Crippen LogP contribution in [-0.4, -0.2) is 0 Å². The van der Waals surface area contributed by atoms with E-state index in [4.69, 9.17) is 0 Å². The minimum absolute atomic E-state index is 0.0270. The van der Waals surface area contributed by atoms with E-state index in [1.807, 2.05) is 6.07 Å². The highest BCUT2D eigenvalue weighted by Gasteiger charge is 2.14. The SMILES string of the molecule is CC(C)(C)c1ccc(P)c(F)c1. The molecule has 0 aliphatic carbocycles. The summed E-state index contributed by atoms with van der Waals surface area (Å²) in [6, 6.07) is 5.36. The van der Waals surface area contributed by atoms with Gasteiger partial charge in [0.2, 0.25) is 0 Å². The lowest BCUT2D eigenvalue weighted by molar-refractivity contribution is 0.575. The molecule has 0 aliphatic rings. The molecule has 1 unspecified atom stereocenters. The summed E-state index contributed by atoms with van der Waals surface area (Å²) in [6.45, 7) is 6.22. The van der Waals surface area contributed by atoms with Crippen LogP contribution < -0.4 is 5.30 Å². The monoisotopic (exact) mass is 184 g/mol. The van der Waals surface area contributed by atoms with Crippen molar-refractivity contribution >= 4 is 14.5 Å². The summed E-state index contributed by atoms with van der Waals surface area (Å²) in [5.41, 5.74) is 1.06. The molecule has 0 bridgehead atoms. The van der Waals surface area contributed by atoms with Gasteiger partial charge in [-0.1, -0.05) is 32.9 Å². The molecule has 0 fully saturated rings. The van der Waals surface area contributed by atoms with E-state index >= 15 is 0 Å². The molecule has 1 atom stereocenters. The van der Waals surface area contributed by atoms with Gasteiger partial charge in [-0.3, -0.25) is 0 Å². The van der Waals surface area contributed by atoms with Crippen molar-refractivity contribution in [1.82, 2.24) is 0 Å². The molecule has 66 valence electrons. The Balaban J connectivity index is 3.14. The van der Waals surface area contributed by atoms with Crippen molar-refractivity contribution in [2.75, 3.05) is 0 Å². The van der Waals surface area contributed by atoms with Crippen molar-refractivity contribution in [2.45, 2.75) is 26.2 Å². The minimum atomic E-state index is -0.146. The zero-order chi connectivity index (χ0) is 9.35. The van der Waals surface area contributed by atoms with Gasteiger partial charge in [0.25, 0.3) is 0 Å². The summed E-state index contributed by atoms with van der Waals surface area (Å²) >= 11 is 0. The molecular formula is C10H14FP. The molecule has 0 spiro atoms. The van der Waals surface area contributed by atoms with Gasteiger partial charge >= 0.3 is 0 Å². The molecule has 0 saturated carbocycles. The van der Waals surface area contributed by atoms with Gasteiger partial charge in [-0.05, 0) is 17.0 Å². The predicted octanol–water partition coefficient (Wildman–Crippen LogP) is 2.62. The number of benzene rings is 1. The molecule has 0 N–H and O–H groups in total. The van der Waals surface area contributed by atoms with Gasteiger partial charge < -0.3 is 0 Å². The summed E-state index contributed by atoms with van der Waals surface area (Å²) in [6.07, 6.45) is 0. The maximum atomic E-state index is 13.1. The highest BCUT2D eigenvalue weighted by molar-refractivity contribution is 7.27. The van der Waals surface area contributed by atoms with Crippen molar-refractivity contribution < 1.29 is 4.39 Å². The van der Waals surface area contributed by atoms with E-state index in [9.17, 15) is 4.39 Å². The van der Waals surface area contributed by atoms with Crippen LogP contribution in [0.3, 0.4) is 0 Å². The number of halogens is 1. The van der Waals surface area contributed by atoms with Gasteiger partial charge in [-0.25, -0.2) is 4.39 Å². The molecule has 1 rings (SSSR count). The van der Waals surface area contributed by atoms with Crippen LogP contribution in [-0.2, 0) is 5.41 Å². The first kappa shape index (κ1) is 9.67. The molecule has 1 aromatic rings. The van der Waals surface area contributed by atoms with E-state index in [1.165, 1.54) is 0 Å². The van der Waals surface area contributed by atoms with E-state index in [-0.39, 0.29) is 11.2 Å². The van der Waals surface area contributed by atoms with Crippen LogP contribution >= 0.6 is 9.24 Å². The third kappa shape index (κ3) is 2.04. The Bertz CT molecular complexity index is 286. The Labute approximate surface area is 75.4 Å². The van der Waals surface area contributed by atoms with Gasteiger partial charge in [0, 0.05) is 5.30 Å². The predicted molar refractivity (Wildman–Crippen MR) is 54.4 cm³/mol. The molecule has 0 radical (unpaired) electrons. The number of rotatable bonds is 0. The van der Waals surface area contributed by atoms with Gasteiger partial charge in [0.1, 0.15) is 5.82 Å². The number of hydrogen-bond acceptors (Lipinski definition) is 0. The molecular weight excluding hydrogens is 170 g/mol. The zero-order valence-corrected chi connectivity index (χ0v) is 8.84. The molecule has 0 aromatic heterocycles. The summed E-state index contributed by atoms with van der Waals surface area (Å²) < 4.78 is 13.1. The van der Waals surface area contributed by atoms with Crippen LogP contribution in [0, 0.1) is 5.82 Å². The second-order valence-electron chi connectivity index (χ2n) is 3.99. The van der Waals surface area contributed by atoms with Gasteiger partial charge in [0.15, 0.2) is 0 Å². The van der Waals surface area contributed by atoms with E-state index in [2.05, 4.69) is 30.0 Å². The van der Waals surface area contributed by atoms with Crippen LogP contribution in [0.2, 0.25) is 0 Å². The lowest BCUT2D eigenvalue weighted by Crippen LogP contribution is -2.13. The first-order chi connectivity index (χ1) is 5.41. The molecule has 0 heterocycles. The van der Waals surface area contributed by atoms with Crippen molar-refractivity contribution in [3.63, 3.8) is 0 Å². The van der Waals surface area contributed by atoms with Gasteiger partial charge in [-0.15, -0.1) is 9.24 Å².